The Hall–Kier alpha value is -2.39. The van der Waals surface area contributed by atoms with E-state index in [0.29, 0.717) is 23.7 Å². The summed E-state index contributed by atoms with van der Waals surface area (Å²) in [5, 5.41) is 0. The lowest BCUT2D eigenvalue weighted by Gasteiger charge is -2.28. The van der Waals surface area contributed by atoms with E-state index >= 15 is 0 Å². The summed E-state index contributed by atoms with van der Waals surface area (Å²) in [6.07, 6.45) is 13.5. The highest BCUT2D eigenvalue weighted by molar-refractivity contribution is 7.92. The molecule has 1 unspecified atom stereocenters. The summed E-state index contributed by atoms with van der Waals surface area (Å²) in [6, 6.07) is 3.58. The lowest BCUT2D eigenvalue weighted by atomic mass is 9.87. The molecule has 192 valence electrons. The maximum atomic E-state index is 13.0. The molecule has 35 heavy (non-hydrogen) atoms. The number of sulfonamides is 1. The summed E-state index contributed by atoms with van der Waals surface area (Å²) in [5.74, 6) is 1.21. The van der Waals surface area contributed by atoms with Gasteiger partial charge in [-0.2, -0.15) is 0 Å². The van der Waals surface area contributed by atoms with E-state index in [0.717, 1.165) is 62.8 Å². The van der Waals surface area contributed by atoms with E-state index in [1.54, 1.807) is 13.0 Å². The van der Waals surface area contributed by atoms with Gasteiger partial charge in [0.2, 0.25) is 10.0 Å². The van der Waals surface area contributed by atoms with Gasteiger partial charge in [0.1, 0.15) is 23.8 Å². The molecule has 1 saturated carbocycles. The first kappa shape index (κ1) is 25.7. The minimum Gasteiger partial charge on any atom is -0.459 e. The standard InChI is InChI=1S/C26H38N4O4S/c1-26(27)16-21-9-6-8-19(13-21)7-4-5-12-30(17-20-10-11-20)24-15-22(18-34-25(26)31)14-23(28-24)29(2)35(3,32)33/h9,13-15,20H,4-8,10-12,16-18,27H2,1-3H3. The maximum absolute atomic E-state index is 13.0. The molecule has 4 rings (SSSR count). The molecule has 0 aromatic carbocycles. The van der Waals surface area contributed by atoms with Crippen LogP contribution in [0.3, 0.4) is 0 Å². The van der Waals surface area contributed by atoms with Crippen molar-refractivity contribution in [3.63, 3.8) is 0 Å². The molecular weight excluding hydrogens is 464 g/mol. The quantitative estimate of drug-likeness (QED) is 0.626. The first-order valence-corrected chi connectivity index (χ1v) is 14.4. The second-order valence-corrected chi connectivity index (χ2v) is 12.6. The highest BCUT2D eigenvalue weighted by Gasteiger charge is 2.32. The van der Waals surface area contributed by atoms with Crippen molar-refractivity contribution in [3.8, 4) is 0 Å². The third kappa shape index (κ3) is 6.85. The van der Waals surface area contributed by atoms with Crippen LogP contribution >= 0.6 is 0 Å². The van der Waals surface area contributed by atoms with Crippen LogP contribution in [-0.2, 0) is 26.2 Å². The molecule has 8 nitrogen and oxygen atoms in total. The van der Waals surface area contributed by atoms with Gasteiger partial charge in [-0.05, 0) is 81.1 Å². The van der Waals surface area contributed by atoms with Crippen LogP contribution in [0.1, 0.15) is 63.9 Å². The van der Waals surface area contributed by atoms with Crippen molar-refractivity contribution in [2.45, 2.75) is 70.4 Å². The highest BCUT2D eigenvalue weighted by Crippen LogP contribution is 2.33. The lowest BCUT2D eigenvalue weighted by Crippen LogP contribution is -2.46. The van der Waals surface area contributed by atoms with Gasteiger partial charge in [0.15, 0.2) is 0 Å². The van der Waals surface area contributed by atoms with Crippen molar-refractivity contribution in [1.29, 1.82) is 0 Å². The first-order chi connectivity index (χ1) is 16.5. The third-order valence-corrected chi connectivity index (χ3v) is 8.20. The number of nitrogens with two attached hydrogens (primary N) is 1. The van der Waals surface area contributed by atoms with Gasteiger partial charge < -0.3 is 15.4 Å². The van der Waals surface area contributed by atoms with E-state index < -0.39 is 21.5 Å². The van der Waals surface area contributed by atoms with Crippen LogP contribution in [-0.4, -0.2) is 51.3 Å². The zero-order valence-corrected chi connectivity index (χ0v) is 21.9. The molecule has 1 fully saturated rings. The molecule has 0 radical (unpaired) electrons. The molecule has 2 aliphatic carbocycles. The molecule has 0 saturated heterocycles. The molecule has 0 amide bonds. The van der Waals surface area contributed by atoms with Crippen LogP contribution in [0.5, 0.6) is 0 Å². The Morgan fingerprint density at radius 3 is 2.74 bits per heavy atom. The van der Waals surface area contributed by atoms with E-state index in [-0.39, 0.29) is 6.61 Å². The van der Waals surface area contributed by atoms with Crippen LogP contribution in [0.15, 0.2) is 35.4 Å². The number of pyridine rings is 1. The van der Waals surface area contributed by atoms with Crippen molar-refractivity contribution in [2.24, 2.45) is 11.7 Å². The van der Waals surface area contributed by atoms with Crippen LogP contribution in [0, 0.1) is 5.92 Å². The SMILES string of the molecule is CN(c1cc2cc(n1)N(CC1CC1)CCCCC1=CC(=CCC1)CC(C)(N)C(=O)OC2)S(C)(=O)=O. The Bertz CT molecular complexity index is 1120. The lowest BCUT2D eigenvalue weighted by molar-refractivity contribution is -0.150. The van der Waals surface area contributed by atoms with Gasteiger partial charge in [-0.15, -0.1) is 0 Å². The summed E-state index contributed by atoms with van der Waals surface area (Å²) >= 11 is 0. The van der Waals surface area contributed by atoms with Gasteiger partial charge in [0.05, 0.1) is 6.26 Å². The second-order valence-electron chi connectivity index (χ2n) is 10.6. The van der Waals surface area contributed by atoms with Gasteiger partial charge in [0.25, 0.3) is 0 Å². The second kappa shape index (κ2) is 10.3. The van der Waals surface area contributed by atoms with Gasteiger partial charge in [-0.3, -0.25) is 9.10 Å². The molecule has 3 aliphatic rings. The molecule has 1 aromatic rings. The van der Waals surface area contributed by atoms with E-state index in [9.17, 15) is 13.2 Å². The number of carbonyl (C=O) groups is 1. The Morgan fingerprint density at radius 1 is 1.26 bits per heavy atom. The van der Waals surface area contributed by atoms with Crippen molar-refractivity contribution in [2.75, 3.05) is 35.6 Å². The fourth-order valence-electron chi connectivity index (χ4n) is 4.66. The minimum atomic E-state index is -3.50. The molecule has 9 heteroatoms. The smallest absolute Gasteiger partial charge is 0.326 e. The number of carbonyl (C=O) groups excluding carboxylic acids is 1. The first-order valence-electron chi connectivity index (χ1n) is 12.6. The number of ether oxygens (including phenoxy) is 1. The topological polar surface area (TPSA) is 106 Å². The molecule has 4 bridgehead atoms. The van der Waals surface area contributed by atoms with Crippen molar-refractivity contribution in [3.05, 3.63) is 41.0 Å². The number of anilines is 2. The maximum Gasteiger partial charge on any atom is 0.326 e. The van der Waals surface area contributed by atoms with Crippen molar-refractivity contribution in [1.82, 2.24) is 4.98 Å². The van der Waals surface area contributed by atoms with E-state index in [1.165, 1.54) is 29.8 Å². The number of cyclic esters (lactones) is 1. The van der Waals surface area contributed by atoms with Crippen molar-refractivity contribution < 1.29 is 17.9 Å². The van der Waals surface area contributed by atoms with E-state index in [1.807, 2.05) is 6.07 Å². The third-order valence-electron chi connectivity index (χ3n) is 7.02. The van der Waals surface area contributed by atoms with Crippen LogP contribution in [0.4, 0.5) is 11.6 Å². The fourth-order valence-corrected chi connectivity index (χ4v) is 5.10. The van der Waals surface area contributed by atoms with E-state index in [2.05, 4.69) is 17.1 Å². The molecule has 1 atom stereocenters. The number of esters is 1. The molecule has 2 heterocycles. The van der Waals surface area contributed by atoms with Gasteiger partial charge in [-0.25, -0.2) is 13.4 Å². The normalized spacial score (nSPS) is 24.3. The number of nitrogens with zero attached hydrogens (tertiary/aromatic N) is 3. The summed E-state index contributed by atoms with van der Waals surface area (Å²) in [5.41, 5.74) is 8.45. The van der Waals surface area contributed by atoms with Gasteiger partial charge >= 0.3 is 5.97 Å². The average molecular weight is 503 g/mol. The molecular formula is C26H38N4O4S. The number of hydrogen-bond donors (Lipinski definition) is 1. The predicted octanol–water partition coefficient (Wildman–Crippen LogP) is 3.68. The molecule has 2 N–H and O–H groups in total. The number of rotatable bonds is 4. The van der Waals surface area contributed by atoms with Crippen LogP contribution in [0.25, 0.3) is 0 Å². The molecule has 1 aromatic heterocycles. The highest BCUT2D eigenvalue weighted by atomic mass is 32.2. The summed E-state index contributed by atoms with van der Waals surface area (Å²) in [4.78, 5) is 19.9. The van der Waals surface area contributed by atoms with E-state index in [4.69, 9.17) is 15.5 Å². The molecule has 1 aliphatic heterocycles. The number of hydrogen-bond acceptors (Lipinski definition) is 7. The zero-order chi connectivity index (χ0) is 25.2. The monoisotopic (exact) mass is 502 g/mol. The average Bonchev–Trinajstić information content (AvgIpc) is 3.61. The summed E-state index contributed by atoms with van der Waals surface area (Å²) in [6.45, 7) is 3.46. The number of fused-ring (bicyclic) bond motifs is 3. The van der Waals surface area contributed by atoms with Crippen LogP contribution < -0.4 is 14.9 Å². The van der Waals surface area contributed by atoms with Crippen LogP contribution in [0.2, 0.25) is 0 Å². The number of allylic oxidation sites excluding steroid dienone is 3. The van der Waals surface area contributed by atoms with Gasteiger partial charge in [0, 0.05) is 26.6 Å². The van der Waals surface area contributed by atoms with Gasteiger partial charge in [-0.1, -0.05) is 17.7 Å². The summed E-state index contributed by atoms with van der Waals surface area (Å²) in [7, 11) is -2.01. The Labute approximate surface area is 209 Å². The fraction of sp³-hybridized carbons (Fsp3) is 0.615. The Balaban J connectivity index is 1.68. The largest absolute Gasteiger partial charge is 0.459 e. The van der Waals surface area contributed by atoms with Crippen molar-refractivity contribution >= 4 is 27.6 Å². The predicted molar refractivity (Wildman–Crippen MR) is 139 cm³/mol. The summed E-state index contributed by atoms with van der Waals surface area (Å²) < 4.78 is 31.3. The minimum absolute atomic E-state index is 0.00313. The Kier molecular flexibility index (Phi) is 7.57. The molecule has 0 spiro atoms. The number of aromatic nitrogens is 1. The Morgan fingerprint density at radius 2 is 2.03 bits per heavy atom. The zero-order valence-electron chi connectivity index (χ0n) is 21.1.